The highest BCUT2D eigenvalue weighted by molar-refractivity contribution is 7.87. The second kappa shape index (κ2) is 6.19. The molecule has 0 spiro atoms. The molecule has 0 aromatic rings. The van der Waals surface area contributed by atoms with Crippen LogP contribution in [-0.4, -0.2) is 42.9 Å². The van der Waals surface area contributed by atoms with E-state index in [9.17, 15) is 18.3 Å². The highest BCUT2D eigenvalue weighted by Gasteiger charge is 2.42. The molecule has 1 aliphatic heterocycles. The first-order chi connectivity index (χ1) is 8.73. The number of hydrogen-bond donors (Lipinski definition) is 2. The van der Waals surface area contributed by atoms with Gasteiger partial charge in [0.2, 0.25) is 0 Å². The largest absolute Gasteiger partial charge is 0.481 e. The number of nitrogens with zero attached hydrogens (tertiary/aromatic N) is 1. The molecule has 2 N–H and O–H groups in total. The van der Waals surface area contributed by atoms with Crippen LogP contribution < -0.4 is 4.72 Å². The molecule has 0 bridgehead atoms. The van der Waals surface area contributed by atoms with Crippen molar-refractivity contribution in [3.63, 3.8) is 0 Å². The molecule has 0 saturated carbocycles. The molecule has 0 unspecified atom stereocenters. The van der Waals surface area contributed by atoms with E-state index in [0.717, 1.165) is 6.42 Å². The summed E-state index contributed by atoms with van der Waals surface area (Å²) in [7, 11) is -3.48. The van der Waals surface area contributed by atoms with E-state index < -0.39 is 21.6 Å². The van der Waals surface area contributed by atoms with Crippen molar-refractivity contribution < 1.29 is 18.3 Å². The molecule has 7 heteroatoms. The van der Waals surface area contributed by atoms with E-state index in [4.69, 9.17) is 0 Å². The summed E-state index contributed by atoms with van der Waals surface area (Å²) in [5.74, 6) is -0.803. The lowest BCUT2D eigenvalue weighted by atomic mass is 9.75. The average Bonchev–Trinajstić information content (AvgIpc) is 2.28. The van der Waals surface area contributed by atoms with Crippen molar-refractivity contribution >= 4 is 16.2 Å². The fourth-order valence-electron chi connectivity index (χ4n) is 2.58. The Kier molecular flexibility index (Phi) is 5.34. The number of rotatable bonds is 6. The zero-order valence-electron chi connectivity index (χ0n) is 11.8. The maximum atomic E-state index is 12.0. The van der Waals surface area contributed by atoms with Gasteiger partial charge in [-0.15, -0.1) is 0 Å². The van der Waals surface area contributed by atoms with Crippen LogP contribution in [0.15, 0.2) is 0 Å². The van der Waals surface area contributed by atoms with Gasteiger partial charge in [0, 0.05) is 19.1 Å². The van der Waals surface area contributed by atoms with Crippen LogP contribution in [0.25, 0.3) is 0 Å². The summed E-state index contributed by atoms with van der Waals surface area (Å²) in [5.41, 5.74) is -0.751. The first kappa shape index (κ1) is 16.4. The van der Waals surface area contributed by atoms with Crippen LogP contribution in [0.2, 0.25) is 0 Å². The minimum absolute atomic E-state index is 0.160. The second-order valence-corrected chi connectivity index (χ2v) is 7.21. The first-order valence-electron chi connectivity index (χ1n) is 6.74. The summed E-state index contributed by atoms with van der Waals surface area (Å²) in [4.78, 5) is 11.4. The molecule has 1 saturated heterocycles. The summed E-state index contributed by atoms with van der Waals surface area (Å²) >= 11 is 0. The van der Waals surface area contributed by atoms with Crippen molar-refractivity contribution in [2.24, 2.45) is 5.41 Å². The molecule has 1 heterocycles. The Morgan fingerprint density at radius 1 is 1.37 bits per heavy atom. The summed E-state index contributed by atoms with van der Waals surface area (Å²) in [5, 5.41) is 9.37. The van der Waals surface area contributed by atoms with Crippen LogP contribution in [0.1, 0.15) is 46.5 Å². The zero-order valence-corrected chi connectivity index (χ0v) is 12.7. The predicted molar refractivity (Wildman–Crippen MR) is 73.0 cm³/mol. The van der Waals surface area contributed by atoms with E-state index in [2.05, 4.69) is 4.72 Å². The smallest absolute Gasteiger partial charge is 0.309 e. The van der Waals surface area contributed by atoms with Gasteiger partial charge in [0.25, 0.3) is 10.2 Å². The Morgan fingerprint density at radius 2 is 1.89 bits per heavy atom. The topological polar surface area (TPSA) is 86.7 Å². The summed E-state index contributed by atoms with van der Waals surface area (Å²) in [6.07, 6.45) is 2.17. The van der Waals surface area contributed by atoms with Crippen molar-refractivity contribution in [3.05, 3.63) is 0 Å². The molecule has 1 fully saturated rings. The van der Waals surface area contributed by atoms with Gasteiger partial charge in [0.05, 0.1) is 5.41 Å². The van der Waals surface area contributed by atoms with Gasteiger partial charge >= 0.3 is 5.97 Å². The van der Waals surface area contributed by atoms with Crippen LogP contribution >= 0.6 is 0 Å². The van der Waals surface area contributed by atoms with Crippen LogP contribution in [-0.2, 0) is 15.0 Å². The molecule has 19 heavy (non-hydrogen) atoms. The van der Waals surface area contributed by atoms with E-state index in [0.29, 0.717) is 19.3 Å². The van der Waals surface area contributed by atoms with Gasteiger partial charge in [-0.1, -0.05) is 13.3 Å². The lowest BCUT2D eigenvalue weighted by Crippen LogP contribution is -2.51. The molecule has 0 aromatic carbocycles. The van der Waals surface area contributed by atoms with Crippen molar-refractivity contribution in [1.29, 1.82) is 0 Å². The maximum absolute atomic E-state index is 12.0. The Morgan fingerprint density at radius 3 is 2.26 bits per heavy atom. The van der Waals surface area contributed by atoms with E-state index in [-0.39, 0.29) is 19.1 Å². The SMILES string of the molecule is CCCC1(C(=O)O)CCN(S(=O)(=O)NC(C)C)CC1. The standard InChI is InChI=1S/C12H24N2O4S/c1-4-5-12(11(15)16)6-8-14(9-7-12)19(17,18)13-10(2)3/h10,13H,4-9H2,1-3H3,(H,15,16). The number of carboxylic acids is 1. The third kappa shape index (κ3) is 3.90. The van der Waals surface area contributed by atoms with E-state index in [1.54, 1.807) is 13.8 Å². The number of carboxylic acid groups (broad SMARTS) is 1. The predicted octanol–water partition coefficient (Wildman–Crippen LogP) is 1.20. The number of nitrogens with one attached hydrogen (secondary N) is 1. The molecule has 0 amide bonds. The number of hydrogen-bond acceptors (Lipinski definition) is 3. The van der Waals surface area contributed by atoms with Crippen LogP contribution in [0, 0.1) is 5.41 Å². The van der Waals surface area contributed by atoms with E-state index in [1.165, 1.54) is 4.31 Å². The lowest BCUT2D eigenvalue weighted by Gasteiger charge is -2.38. The maximum Gasteiger partial charge on any atom is 0.309 e. The van der Waals surface area contributed by atoms with Gasteiger partial charge in [0.1, 0.15) is 0 Å². The second-order valence-electron chi connectivity index (χ2n) is 5.51. The molecule has 6 nitrogen and oxygen atoms in total. The fourth-order valence-corrected chi connectivity index (χ4v) is 3.98. The van der Waals surface area contributed by atoms with Crippen LogP contribution in [0.3, 0.4) is 0 Å². The summed E-state index contributed by atoms with van der Waals surface area (Å²) in [6, 6.07) is -0.160. The number of carbonyl (C=O) groups is 1. The van der Waals surface area contributed by atoms with Crippen molar-refractivity contribution in [3.8, 4) is 0 Å². The quantitative estimate of drug-likeness (QED) is 0.770. The normalized spacial score (nSPS) is 20.6. The number of piperidine rings is 1. The van der Waals surface area contributed by atoms with E-state index in [1.807, 2.05) is 6.92 Å². The summed E-state index contributed by atoms with van der Waals surface area (Å²) in [6.45, 7) is 6.02. The Bertz CT molecular complexity index is 411. The Hall–Kier alpha value is -0.660. The minimum atomic E-state index is -3.48. The van der Waals surface area contributed by atoms with Gasteiger partial charge in [-0.25, -0.2) is 0 Å². The van der Waals surface area contributed by atoms with Gasteiger partial charge in [-0.2, -0.15) is 17.4 Å². The molecule has 1 rings (SSSR count). The summed E-state index contributed by atoms with van der Waals surface area (Å²) < 4.78 is 27.9. The van der Waals surface area contributed by atoms with Crippen molar-refractivity contribution in [2.75, 3.05) is 13.1 Å². The van der Waals surface area contributed by atoms with Crippen molar-refractivity contribution in [1.82, 2.24) is 9.03 Å². The first-order valence-corrected chi connectivity index (χ1v) is 8.18. The molecule has 0 atom stereocenters. The molecule has 0 aromatic heterocycles. The number of aliphatic carboxylic acids is 1. The third-order valence-corrected chi connectivity index (χ3v) is 5.40. The Balaban J connectivity index is 2.73. The molecule has 0 aliphatic carbocycles. The molecule has 1 aliphatic rings. The molecule has 112 valence electrons. The fraction of sp³-hybridized carbons (Fsp3) is 0.917. The van der Waals surface area contributed by atoms with Crippen LogP contribution in [0.4, 0.5) is 0 Å². The highest BCUT2D eigenvalue weighted by Crippen LogP contribution is 2.37. The zero-order chi connectivity index (χ0) is 14.7. The average molecular weight is 292 g/mol. The molecule has 0 radical (unpaired) electrons. The lowest BCUT2D eigenvalue weighted by molar-refractivity contribution is -0.152. The third-order valence-electron chi connectivity index (χ3n) is 3.59. The molecular weight excluding hydrogens is 268 g/mol. The van der Waals surface area contributed by atoms with Gasteiger partial charge in [-0.3, -0.25) is 4.79 Å². The van der Waals surface area contributed by atoms with Gasteiger partial charge in [0.15, 0.2) is 0 Å². The van der Waals surface area contributed by atoms with Crippen LogP contribution in [0.5, 0.6) is 0 Å². The van der Waals surface area contributed by atoms with Crippen molar-refractivity contribution in [2.45, 2.75) is 52.5 Å². The molecular formula is C12H24N2O4S. The van der Waals surface area contributed by atoms with E-state index >= 15 is 0 Å². The van der Waals surface area contributed by atoms with Gasteiger partial charge in [-0.05, 0) is 33.1 Å². The Labute approximate surface area is 115 Å². The minimum Gasteiger partial charge on any atom is -0.481 e. The highest BCUT2D eigenvalue weighted by atomic mass is 32.2. The van der Waals surface area contributed by atoms with Gasteiger partial charge < -0.3 is 5.11 Å². The monoisotopic (exact) mass is 292 g/mol.